The van der Waals surface area contributed by atoms with Crippen LogP contribution in [0.3, 0.4) is 0 Å². The van der Waals surface area contributed by atoms with Crippen LogP contribution in [0.4, 0.5) is 0 Å². The molecule has 3 aromatic rings. The first-order chi connectivity index (χ1) is 10.7. The summed E-state index contributed by atoms with van der Waals surface area (Å²) in [6, 6.07) is 14.4. The summed E-state index contributed by atoms with van der Waals surface area (Å²) in [6.45, 7) is 0.532. The number of hydrogen-bond donors (Lipinski definition) is 3. The fourth-order valence-corrected chi connectivity index (χ4v) is 2.34. The summed E-state index contributed by atoms with van der Waals surface area (Å²) in [5, 5.41) is 12.4. The molecule has 3 rings (SSSR count). The van der Waals surface area contributed by atoms with Crippen LogP contribution in [-0.4, -0.2) is 27.5 Å². The van der Waals surface area contributed by atoms with Crippen molar-refractivity contribution in [3.05, 3.63) is 59.9 Å². The van der Waals surface area contributed by atoms with E-state index in [1.807, 2.05) is 24.3 Å². The number of phenolic OH excluding ortho intramolecular Hbond substituents is 1. The fraction of sp³-hybridized carbons (Fsp3) is 0.176. The van der Waals surface area contributed by atoms with Crippen molar-refractivity contribution in [1.82, 2.24) is 15.3 Å². The zero-order chi connectivity index (χ0) is 15.4. The van der Waals surface area contributed by atoms with Gasteiger partial charge in [0.05, 0.1) is 16.6 Å². The van der Waals surface area contributed by atoms with Crippen molar-refractivity contribution < 1.29 is 9.90 Å². The van der Waals surface area contributed by atoms with Gasteiger partial charge in [-0.2, -0.15) is 0 Å². The number of carbonyl (C=O) groups is 1. The third-order valence-corrected chi connectivity index (χ3v) is 3.46. The number of aromatic hydroxyl groups is 1. The van der Waals surface area contributed by atoms with Gasteiger partial charge in [-0.1, -0.05) is 24.3 Å². The normalized spacial score (nSPS) is 10.7. The number of carbonyl (C=O) groups excluding carboxylic acids is 1. The first-order valence-corrected chi connectivity index (χ1v) is 7.24. The van der Waals surface area contributed by atoms with Crippen LogP contribution in [0.25, 0.3) is 11.0 Å². The third-order valence-electron chi connectivity index (χ3n) is 3.46. The molecule has 1 aromatic heterocycles. The zero-order valence-electron chi connectivity index (χ0n) is 12.0. The SMILES string of the molecule is O=C(NCCCc1nc2ccccc2[nH]1)c1ccccc1O. The molecule has 5 nitrogen and oxygen atoms in total. The molecule has 1 heterocycles. The van der Waals surface area contributed by atoms with Crippen molar-refractivity contribution in [2.45, 2.75) is 12.8 Å². The summed E-state index contributed by atoms with van der Waals surface area (Å²) in [4.78, 5) is 19.7. The van der Waals surface area contributed by atoms with Gasteiger partial charge in [0.15, 0.2) is 0 Å². The monoisotopic (exact) mass is 295 g/mol. The summed E-state index contributed by atoms with van der Waals surface area (Å²) in [5.74, 6) is 0.651. The second-order valence-corrected chi connectivity index (χ2v) is 5.08. The first-order valence-electron chi connectivity index (χ1n) is 7.24. The highest BCUT2D eigenvalue weighted by Crippen LogP contribution is 2.15. The Kier molecular flexibility index (Phi) is 4.05. The average Bonchev–Trinajstić information content (AvgIpc) is 2.94. The van der Waals surface area contributed by atoms with E-state index in [4.69, 9.17) is 0 Å². The van der Waals surface area contributed by atoms with Crippen molar-refractivity contribution >= 4 is 16.9 Å². The molecule has 0 aliphatic carbocycles. The number of phenols is 1. The van der Waals surface area contributed by atoms with Gasteiger partial charge in [0, 0.05) is 13.0 Å². The lowest BCUT2D eigenvalue weighted by molar-refractivity contribution is 0.0950. The van der Waals surface area contributed by atoms with E-state index in [0.717, 1.165) is 29.7 Å². The minimum atomic E-state index is -0.261. The van der Waals surface area contributed by atoms with Crippen LogP contribution in [0, 0.1) is 0 Å². The molecule has 1 amide bonds. The van der Waals surface area contributed by atoms with Gasteiger partial charge >= 0.3 is 0 Å². The molecule has 2 aromatic carbocycles. The second-order valence-electron chi connectivity index (χ2n) is 5.08. The fourth-order valence-electron chi connectivity index (χ4n) is 2.34. The highest BCUT2D eigenvalue weighted by molar-refractivity contribution is 5.96. The summed E-state index contributed by atoms with van der Waals surface area (Å²) in [7, 11) is 0. The lowest BCUT2D eigenvalue weighted by atomic mass is 10.2. The Hall–Kier alpha value is -2.82. The molecule has 22 heavy (non-hydrogen) atoms. The maximum absolute atomic E-state index is 11.9. The van der Waals surface area contributed by atoms with Gasteiger partial charge in [-0.25, -0.2) is 4.98 Å². The van der Waals surface area contributed by atoms with E-state index in [-0.39, 0.29) is 11.7 Å². The number of aromatic amines is 1. The van der Waals surface area contributed by atoms with Crippen molar-refractivity contribution in [2.75, 3.05) is 6.54 Å². The number of rotatable bonds is 5. The number of imidazole rings is 1. The highest BCUT2D eigenvalue weighted by atomic mass is 16.3. The van der Waals surface area contributed by atoms with E-state index >= 15 is 0 Å². The third kappa shape index (κ3) is 3.09. The Labute approximate surface area is 128 Å². The van der Waals surface area contributed by atoms with E-state index in [2.05, 4.69) is 15.3 Å². The Balaban J connectivity index is 1.51. The lowest BCUT2D eigenvalue weighted by Gasteiger charge is -2.05. The standard InChI is InChI=1S/C17H17N3O2/c21-15-9-4-1-6-12(15)17(22)18-11-5-10-16-19-13-7-2-3-8-14(13)20-16/h1-4,6-9,21H,5,10-11H2,(H,18,22)(H,19,20). The van der Waals surface area contributed by atoms with Crippen LogP contribution in [0.1, 0.15) is 22.6 Å². The summed E-state index contributed by atoms with van der Waals surface area (Å²) >= 11 is 0. The predicted molar refractivity (Wildman–Crippen MR) is 84.9 cm³/mol. The number of fused-ring (bicyclic) bond motifs is 1. The molecule has 112 valence electrons. The maximum atomic E-state index is 11.9. The van der Waals surface area contributed by atoms with Crippen LogP contribution >= 0.6 is 0 Å². The Morgan fingerprint density at radius 2 is 1.91 bits per heavy atom. The van der Waals surface area contributed by atoms with Gasteiger partial charge in [0.1, 0.15) is 11.6 Å². The topological polar surface area (TPSA) is 78.0 Å². The van der Waals surface area contributed by atoms with Crippen molar-refractivity contribution in [1.29, 1.82) is 0 Å². The summed E-state index contributed by atoms with van der Waals surface area (Å²) < 4.78 is 0. The lowest BCUT2D eigenvalue weighted by Crippen LogP contribution is -2.24. The van der Waals surface area contributed by atoms with Crippen molar-refractivity contribution in [3.8, 4) is 5.75 Å². The van der Waals surface area contributed by atoms with Gasteiger partial charge < -0.3 is 15.4 Å². The summed E-state index contributed by atoms with van der Waals surface area (Å²) in [5.41, 5.74) is 2.28. The number of benzene rings is 2. The van der Waals surface area contributed by atoms with Gasteiger partial charge in [0.2, 0.25) is 0 Å². The second kappa shape index (κ2) is 6.30. The number of nitrogens with zero attached hydrogens (tertiary/aromatic N) is 1. The van der Waals surface area contributed by atoms with Crippen LogP contribution < -0.4 is 5.32 Å². The largest absolute Gasteiger partial charge is 0.507 e. The van der Waals surface area contributed by atoms with E-state index in [1.165, 1.54) is 6.07 Å². The highest BCUT2D eigenvalue weighted by Gasteiger charge is 2.09. The van der Waals surface area contributed by atoms with E-state index < -0.39 is 0 Å². The molecule has 3 N–H and O–H groups in total. The minimum absolute atomic E-state index is 0.00251. The van der Waals surface area contributed by atoms with Crippen LogP contribution in [0.5, 0.6) is 5.75 Å². The Bertz CT molecular complexity index is 762. The molecule has 0 aliphatic rings. The predicted octanol–water partition coefficient (Wildman–Crippen LogP) is 2.63. The van der Waals surface area contributed by atoms with E-state index in [0.29, 0.717) is 12.1 Å². The average molecular weight is 295 g/mol. The number of aryl methyl sites for hydroxylation is 1. The molecule has 0 aliphatic heterocycles. The van der Waals surface area contributed by atoms with Crippen LogP contribution in [0.15, 0.2) is 48.5 Å². The van der Waals surface area contributed by atoms with Crippen molar-refractivity contribution in [2.24, 2.45) is 0 Å². The minimum Gasteiger partial charge on any atom is -0.507 e. The van der Waals surface area contributed by atoms with Gasteiger partial charge in [-0.15, -0.1) is 0 Å². The Morgan fingerprint density at radius 3 is 2.73 bits per heavy atom. The van der Waals surface area contributed by atoms with Crippen LogP contribution in [-0.2, 0) is 6.42 Å². The molecular formula is C17H17N3O2. The number of amides is 1. The van der Waals surface area contributed by atoms with Gasteiger partial charge in [-0.3, -0.25) is 4.79 Å². The molecule has 0 saturated carbocycles. The molecule has 5 heteroatoms. The molecule has 0 fully saturated rings. The first kappa shape index (κ1) is 14.1. The zero-order valence-corrected chi connectivity index (χ0v) is 12.0. The smallest absolute Gasteiger partial charge is 0.255 e. The molecule has 0 spiro atoms. The number of H-pyrrole nitrogens is 1. The molecule has 0 bridgehead atoms. The van der Waals surface area contributed by atoms with Gasteiger partial charge in [0.25, 0.3) is 5.91 Å². The number of aromatic nitrogens is 2. The molecule has 0 atom stereocenters. The quantitative estimate of drug-likeness (QED) is 0.633. The number of hydrogen-bond acceptors (Lipinski definition) is 3. The molecular weight excluding hydrogens is 278 g/mol. The molecule has 0 unspecified atom stereocenters. The Morgan fingerprint density at radius 1 is 1.14 bits per heavy atom. The van der Waals surface area contributed by atoms with E-state index in [1.54, 1.807) is 18.2 Å². The van der Waals surface area contributed by atoms with E-state index in [9.17, 15) is 9.90 Å². The molecule has 0 saturated heterocycles. The van der Waals surface area contributed by atoms with Crippen molar-refractivity contribution in [3.63, 3.8) is 0 Å². The molecule has 0 radical (unpaired) electrons. The number of nitrogens with one attached hydrogen (secondary N) is 2. The summed E-state index contributed by atoms with van der Waals surface area (Å²) in [6.07, 6.45) is 1.54. The maximum Gasteiger partial charge on any atom is 0.255 e. The van der Waals surface area contributed by atoms with Gasteiger partial charge in [-0.05, 0) is 30.7 Å². The number of para-hydroxylation sites is 3. The van der Waals surface area contributed by atoms with Crippen LogP contribution in [0.2, 0.25) is 0 Å².